The fourth-order valence-electron chi connectivity index (χ4n) is 8.17. The summed E-state index contributed by atoms with van der Waals surface area (Å²) >= 11 is 0. The highest BCUT2D eigenvalue weighted by atomic mass is 16.3. The van der Waals surface area contributed by atoms with E-state index in [2.05, 4.69) is 150 Å². The maximum absolute atomic E-state index is 6.62. The van der Waals surface area contributed by atoms with Crippen LogP contribution in [-0.2, 0) is 0 Å². The van der Waals surface area contributed by atoms with Gasteiger partial charge in [-0.25, -0.2) is 0 Å². The van der Waals surface area contributed by atoms with Crippen molar-refractivity contribution >= 4 is 65.3 Å². The van der Waals surface area contributed by atoms with Gasteiger partial charge in [0.15, 0.2) is 0 Å². The average molecular weight is 584 g/mol. The predicted molar refractivity (Wildman–Crippen MR) is 193 cm³/mol. The normalized spacial score (nSPS) is 12.3. The highest BCUT2D eigenvalue weighted by Gasteiger charge is 2.23. The van der Waals surface area contributed by atoms with E-state index >= 15 is 0 Å². The molecule has 212 valence electrons. The molecule has 0 saturated carbocycles. The highest BCUT2D eigenvalue weighted by Crippen LogP contribution is 2.49. The van der Waals surface area contributed by atoms with E-state index in [1.807, 2.05) is 6.07 Å². The number of hydrogen-bond donors (Lipinski definition) is 0. The van der Waals surface area contributed by atoms with Gasteiger partial charge in [-0.3, -0.25) is 0 Å². The Hall–Kier alpha value is -6.12. The van der Waals surface area contributed by atoms with Crippen molar-refractivity contribution in [1.29, 1.82) is 0 Å². The molecule has 46 heavy (non-hydrogen) atoms. The van der Waals surface area contributed by atoms with Crippen LogP contribution in [0.1, 0.15) is 0 Å². The fraction of sp³-hybridized carbons (Fsp3) is 0. The third-order valence-corrected chi connectivity index (χ3v) is 10.1. The number of hydrogen-bond acceptors (Lipinski definition) is 1. The highest BCUT2D eigenvalue weighted by molar-refractivity contribution is 6.29. The van der Waals surface area contributed by atoms with Crippen molar-refractivity contribution in [3.63, 3.8) is 0 Å². The lowest BCUT2D eigenvalue weighted by molar-refractivity contribution is 0.673. The first-order valence-electron chi connectivity index (χ1n) is 15.9. The van der Waals surface area contributed by atoms with E-state index in [-0.39, 0.29) is 0 Å². The number of para-hydroxylation sites is 1. The first-order chi connectivity index (χ1) is 22.8. The predicted octanol–water partition coefficient (Wildman–Crippen LogP) is 12.3. The third-order valence-electron chi connectivity index (χ3n) is 10.1. The molecule has 2 heteroatoms. The van der Waals surface area contributed by atoms with Crippen LogP contribution in [0.15, 0.2) is 156 Å². The van der Waals surface area contributed by atoms with Crippen molar-refractivity contribution < 1.29 is 4.42 Å². The molecular formula is C44H25NO. The lowest BCUT2D eigenvalue weighted by atomic mass is 9.94. The second-order valence-electron chi connectivity index (χ2n) is 12.4. The van der Waals surface area contributed by atoms with Gasteiger partial charge in [-0.05, 0) is 91.3 Å². The van der Waals surface area contributed by atoms with E-state index in [4.69, 9.17) is 4.42 Å². The largest absolute Gasteiger partial charge is 0.455 e. The molecule has 0 radical (unpaired) electrons. The zero-order valence-corrected chi connectivity index (χ0v) is 24.8. The van der Waals surface area contributed by atoms with Crippen molar-refractivity contribution in [3.8, 4) is 39.1 Å². The van der Waals surface area contributed by atoms with Crippen LogP contribution in [0.2, 0.25) is 0 Å². The molecule has 1 aliphatic carbocycles. The lowest BCUT2D eigenvalue weighted by Crippen LogP contribution is -1.94. The molecule has 0 amide bonds. The van der Waals surface area contributed by atoms with Gasteiger partial charge in [0.05, 0.1) is 16.4 Å². The van der Waals surface area contributed by atoms with E-state index in [1.165, 1.54) is 65.8 Å². The van der Waals surface area contributed by atoms with E-state index < -0.39 is 0 Å². The zero-order valence-electron chi connectivity index (χ0n) is 24.8. The van der Waals surface area contributed by atoms with E-state index in [0.717, 1.165) is 38.5 Å². The first kappa shape index (κ1) is 24.2. The fourth-order valence-corrected chi connectivity index (χ4v) is 8.17. The molecule has 10 aromatic rings. The minimum absolute atomic E-state index is 0.920. The molecule has 0 saturated heterocycles. The molecule has 2 nitrogen and oxygen atoms in total. The summed E-state index contributed by atoms with van der Waals surface area (Å²) in [7, 11) is 0. The van der Waals surface area contributed by atoms with Crippen LogP contribution in [0, 0.1) is 0 Å². The Morgan fingerprint density at radius 1 is 0.370 bits per heavy atom. The Morgan fingerprint density at radius 3 is 1.89 bits per heavy atom. The first-order valence-corrected chi connectivity index (χ1v) is 15.9. The maximum Gasteiger partial charge on any atom is 0.145 e. The van der Waals surface area contributed by atoms with Gasteiger partial charge in [0.2, 0.25) is 0 Å². The Morgan fingerprint density at radius 2 is 1.02 bits per heavy atom. The summed E-state index contributed by atoms with van der Waals surface area (Å²) in [4.78, 5) is 0. The number of aromatic nitrogens is 1. The molecule has 0 aliphatic heterocycles. The molecule has 0 spiro atoms. The summed E-state index contributed by atoms with van der Waals surface area (Å²) in [5, 5.41) is 9.82. The third kappa shape index (κ3) is 3.05. The minimum Gasteiger partial charge on any atom is -0.455 e. The monoisotopic (exact) mass is 583 g/mol. The van der Waals surface area contributed by atoms with E-state index in [1.54, 1.807) is 0 Å². The molecule has 2 aromatic heterocycles. The molecule has 0 N–H and O–H groups in total. The number of fused-ring (bicyclic) bond motifs is 12. The molecule has 11 rings (SSSR count). The second-order valence-corrected chi connectivity index (χ2v) is 12.4. The molecular weight excluding hydrogens is 558 g/mol. The zero-order chi connectivity index (χ0) is 29.9. The van der Waals surface area contributed by atoms with Gasteiger partial charge in [-0.1, -0.05) is 115 Å². The van der Waals surface area contributed by atoms with Gasteiger partial charge in [0.1, 0.15) is 11.2 Å². The Balaban J connectivity index is 1.15. The van der Waals surface area contributed by atoms with Crippen molar-refractivity contribution in [3.05, 3.63) is 152 Å². The number of rotatable bonds is 2. The minimum atomic E-state index is 0.920. The molecule has 0 fully saturated rings. The summed E-state index contributed by atoms with van der Waals surface area (Å²) in [5.41, 5.74) is 13.1. The lowest BCUT2D eigenvalue weighted by Gasteiger charge is -2.12. The van der Waals surface area contributed by atoms with Crippen LogP contribution in [-0.4, -0.2) is 4.57 Å². The Bertz CT molecular complexity index is 2870. The Kier molecular flexibility index (Phi) is 4.61. The van der Waals surface area contributed by atoms with Crippen molar-refractivity contribution in [2.24, 2.45) is 0 Å². The average Bonchev–Trinajstić information content (AvgIpc) is 3.77. The smallest absolute Gasteiger partial charge is 0.145 e. The summed E-state index contributed by atoms with van der Waals surface area (Å²) < 4.78 is 9.02. The molecule has 0 unspecified atom stereocenters. The number of nitrogens with zero attached hydrogens (tertiary/aromatic N) is 1. The van der Waals surface area contributed by atoms with Crippen LogP contribution in [0.5, 0.6) is 0 Å². The van der Waals surface area contributed by atoms with Gasteiger partial charge in [0.25, 0.3) is 0 Å². The standard InChI is InChI=1S/C44H25NO/c1-2-9-30-26(8-1)18-24-38-42(30)43-39(25-23-37-33-12-5-6-15-40(33)46-44(37)43)45(38)28-19-16-27(17-20-28)29-21-22-36-32-11-4-3-10-31(32)35-14-7-13-34(29)41(35)36/h1-25H. The van der Waals surface area contributed by atoms with E-state index in [9.17, 15) is 0 Å². The van der Waals surface area contributed by atoms with Crippen molar-refractivity contribution in [1.82, 2.24) is 4.57 Å². The number of benzene rings is 8. The molecule has 1 aliphatic rings. The van der Waals surface area contributed by atoms with Crippen molar-refractivity contribution in [2.45, 2.75) is 0 Å². The summed E-state index contributed by atoms with van der Waals surface area (Å²) in [6.07, 6.45) is 0. The molecule has 8 aromatic carbocycles. The quantitative estimate of drug-likeness (QED) is 0.198. The SMILES string of the molecule is c1ccc2c(c1)-c1cccc3c(-c4ccc(-n5c6ccc7ccccc7c6c6c7oc8ccccc8c7ccc65)cc4)ccc-2c13. The van der Waals surface area contributed by atoms with Crippen LogP contribution >= 0.6 is 0 Å². The summed E-state index contributed by atoms with van der Waals surface area (Å²) in [6, 6.07) is 55.2. The van der Waals surface area contributed by atoms with Crippen LogP contribution < -0.4 is 0 Å². The van der Waals surface area contributed by atoms with Gasteiger partial charge in [-0.15, -0.1) is 0 Å². The number of furan rings is 1. The van der Waals surface area contributed by atoms with Crippen molar-refractivity contribution in [2.75, 3.05) is 0 Å². The topological polar surface area (TPSA) is 18.1 Å². The summed E-state index contributed by atoms with van der Waals surface area (Å²) in [5.74, 6) is 0. The van der Waals surface area contributed by atoms with Gasteiger partial charge in [0, 0.05) is 21.8 Å². The molecule has 0 atom stereocenters. The Labute approximate surface area is 264 Å². The van der Waals surface area contributed by atoms with Crippen LogP contribution in [0.3, 0.4) is 0 Å². The maximum atomic E-state index is 6.62. The van der Waals surface area contributed by atoms with Crippen LogP contribution in [0.25, 0.3) is 104 Å². The second kappa shape index (κ2) is 8.74. The van der Waals surface area contributed by atoms with Gasteiger partial charge in [-0.2, -0.15) is 0 Å². The summed E-state index contributed by atoms with van der Waals surface area (Å²) in [6.45, 7) is 0. The van der Waals surface area contributed by atoms with Gasteiger partial charge < -0.3 is 8.98 Å². The molecule has 0 bridgehead atoms. The van der Waals surface area contributed by atoms with Crippen LogP contribution in [0.4, 0.5) is 0 Å². The van der Waals surface area contributed by atoms with Gasteiger partial charge >= 0.3 is 0 Å². The molecule has 2 heterocycles. The van der Waals surface area contributed by atoms with E-state index in [0.29, 0.717) is 0 Å².